The van der Waals surface area contributed by atoms with Gasteiger partial charge in [-0.15, -0.1) is 0 Å². The van der Waals surface area contributed by atoms with Crippen LogP contribution in [-0.4, -0.2) is 17.1 Å². The number of thiocarbonyl (C=S) groups is 1. The number of fused-ring (bicyclic) bond motifs is 2. The fraction of sp³-hybridized carbons (Fsp3) is 0.538. The predicted octanol–water partition coefficient (Wildman–Crippen LogP) is 1.58. The van der Waals surface area contributed by atoms with Gasteiger partial charge < -0.3 is 9.73 Å². The van der Waals surface area contributed by atoms with Crippen molar-refractivity contribution in [3.63, 3.8) is 0 Å². The molecule has 2 saturated carbocycles. The van der Waals surface area contributed by atoms with Crippen molar-refractivity contribution in [1.29, 1.82) is 0 Å². The summed E-state index contributed by atoms with van der Waals surface area (Å²) in [4.78, 5) is 11.6. The van der Waals surface area contributed by atoms with Gasteiger partial charge >= 0.3 is 5.91 Å². The summed E-state index contributed by atoms with van der Waals surface area (Å²) in [5.41, 5.74) is 5.23. The molecule has 5 nitrogen and oxygen atoms in total. The maximum absolute atomic E-state index is 11.6. The van der Waals surface area contributed by atoms with E-state index in [1.165, 1.54) is 31.9 Å². The maximum atomic E-state index is 11.6. The highest BCUT2D eigenvalue weighted by Gasteiger charge is 2.39. The molecule has 2 aliphatic carbocycles. The minimum Gasteiger partial charge on any atom is -0.459 e. The molecule has 102 valence electrons. The lowest BCUT2D eigenvalue weighted by atomic mass is 9.96. The first-order valence-corrected chi connectivity index (χ1v) is 7.03. The normalized spacial score (nSPS) is 28.1. The summed E-state index contributed by atoms with van der Waals surface area (Å²) in [5, 5.41) is 3.76. The fourth-order valence-corrected chi connectivity index (χ4v) is 3.41. The number of carbonyl (C=O) groups excluding carboxylic acids is 1. The second kappa shape index (κ2) is 5.21. The van der Waals surface area contributed by atoms with Crippen molar-refractivity contribution in [3.05, 3.63) is 24.2 Å². The second-order valence-electron chi connectivity index (χ2n) is 5.31. The van der Waals surface area contributed by atoms with Gasteiger partial charge in [0.15, 0.2) is 10.9 Å². The van der Waals surface area contributed by atoms with Gasteiger partial charge in [0, 0.05) is 6.04 Å². The van der Waals surface area contributed by atoms with E-state index in [4.69, 9.17) is 16.6 Å². The molecular formula is C13H17N3O2S. The molecule has 6 heteroatoms. The smallest absolute Gasteiger partial charge is 0.305 e. The standard InChI is InChI=1S/C13H17N3O2S/c17-12(11-2-1-5-18-11)15-16-13(19)14-10-7-8-3-4-9(10)6-8/h1-2,5,8-10H,3-4,6-7H2,(H,15,17)(H2,14,16,19). The minimum atomic E-state index is -0.331. The molecule has 3 rings (SSSR count). The number of hydrazine groups is 1. The van der Waals surface area contributed by atoms with Crippen LogP contribution < -0.4 is 16.2 Å². The molecule has 1 heterocycles. The average molecular weight is 279 g/mol. The van der Waals surface area contributed by atoms with Gasteiger partial charge in [0.05, 0.1) is 6.26 Å². The molecule has 3 atom stereocenters. The summed E-state index contributed by atoms with van der Waals surface area (Å²) in [6, 6.07) is 3.73. The van der Waals surface area contributed by atoms with E-state index in [1.807, 2.05) is 0 Å². The summed E-state index contributed by atoms with van der Waals surface area (Å²) in [6.07, 6.45) is 6.63. The molecule has 0 aromatic carbocycles. The number of amides is 1. The van der Waals surface area contributed by atoms with Crippen LogP contribution in [0, 0.1) is 11.8 Å². The first kappa shape index (κ1) is 12.5. The highest BCUT2D eigenvalue weighted by Crippen LogP contribution is 2.44. The molecule has 1 aromatic heterocycles. The van der Waals surface area contributed by atoms with Gasteiger partial charge in [0.2, 0.25) is 0 Å². The molecule has 3 unspecified atom stereocenters. The van der Waals surface area contributed by atoms with E-state index in [9.17, 15) is 4.79 Å². The van der Waals surface area contributed by atoms with Crippen LogP contribution in [-0.2, 0) is 0 Å². The van der Waals surface area contributed by atoms with Gasteiger partial charge in [0.1, 0.15) is 0 Å². The van der Waals surface area contributed by atoms with Crippen LogP contribution in [0.1, 0.15) is 36.2 Å². The third-order valence-corrected chi connectivity index (χ3v) is 4.31. The van der Waals surface area contributed by atoms with Gasteiger partial charge in [0.25, 0.3) is 0 Å². The van der Waals surface area contributed by atoms with E-state index in [2.05, 4.69) is 16.2 Å². The molecule has 0 radical (unpaired) electrons. The molecular weight excluding hydrogens is 262 g/mol. The zero-order chi connectivity index (χ0) is 13.2. The Labute approximate surface area is 117 Å². The second-order valence-corrected chi connectivity index (χ2v) is 5.72. The van der Waals surface area contributed by atoms with E-state index < -0.39 is 0 Å². The Kier molecular flexibility index (Phi) is 3.42. The van der Waals surface area contributed by atoms with Crippen LogP contribution in [0.3, 0.4) is 0 Å². The van der Waals surface area contributed by atoms with Gasteiger partial charge in [-0.2, -0.15) is 0 Å². The number of hydrogen-bond donors (Lipinski definition) is 3. The van der Waals surface area contributed by atoms with Crippen molar-refractivity contribution in [2.75, 3.05) is 0 Å². The van der Waals surface area contributed by atoms with Gasteiger partial charge in [-0.05, 0) is 55.4 Å². The molecule has 0 aliphatic heterocycles. The summed E-state index contributed by atoms with van der Waals surface area (Å²) in [5.74, 6) is 1.53. The first-order chi connectivity index (χ1) is 9.22. The van der Waals surface area contributed by atoms with Gasteiger partial charge in [-0.25, -0.2) is 0 Å². The molecule has 2 bridgehead atoms. The molecule has 1 amide bonds. The largest absolute Gasteiger partial charge is 0.459 e. The van der Waals surface area contributed by atoms with Crippen LogP contribution in [0.15, 0.2) is 22.8 Å². The molecule has 19 heavy (non-hydrogen) atoms. The third kappa shape index (κ3) is 2.73. The Morgan fingerprint density at radius 2 is 2.21 bits per heavy atom. The van der Waals surface area contributed by atoms with Crippen molar-refractivity contribution in [3.8, 4) is 0 Å². The van der Waals surface area contributed by atoms with Crippen LogP contribution in [0.25, 0.3) is 0 Å². The SMILES string of the molecule is O=C(NNC(=S)NC1CC2CCC1C2)c1ccco1. The lowest BCUT2D eigenvalue weighted by Gasteiger charge is -2.24. The average Bonchev–Trinajstić information content (AvgIpc) is 3.12. The Hall–Kier alpha value is -1.56. The Balaban J connectivity index is 1.43. The Morgan fingerprint density at radius 1 is 1.32 bits per heavy atom. The summed E-state index contributed by atoms with van der Waals surface area (Å²) in [7, 11) is 0. The van der Waals surface area contributed by atoms with Crippen LogP contribution in [0.2, 0.25) is 0 Å². The van der Waals surface area contributed by atoms with E-state index >= 15 is 0 Å². The lowest BCUT2D eigenvalue weighted by Crippen LogP contribution is -2.50. The van der Waals surface area contributed by atoms with Crippen LogP contribution >= 0.6 is 12.2 Å². The quantitative estimate of drug-likeness (QED) is 0.566. The van der Waals surface area contributed by atoms with Gasteiger partial charge in [-0.3, -0.25) is 15.6 Å². The van der Waals surface area contributed by atoms with Gasteiger partial charge in [-0.1, -0.05) is 6.42 Å². The Bertz CT molecular complexity index is 474. The number of hydrogen-bond acceptors (Lipinski definition) is 3. The number of furan rings is 1. The molecule has 1 aromatic rings. The third-order valence-electron chi connectivity index (χ3n) is 4.09. The fourth-order valence-electron chi connectivity index (χ4n) is 3.21. The number of nitrogens with one attached hydrogen (secondary N) is 3. The number of rotatable bonds is 2. The lowest BCUT2D eigenvalue weighted by molar-refractivity contribution is 0.0915. The summed E-state index contributed by atoms with van der Waals surface area (Å²) < 4.78 is 4.99. The van der Waals surface area contributed by atoms with E-state index in [0.29, 0.717) is 11.2 Å². The van der Waals surface area contributed by atoms with E-state index in [0.717, 1.165) is 11.8 Å². The first-order valence-electron chi connectivity index (χ1n) is 6.62. The van der Waals surface area contributed by atoms with Crippen LogP contribution in [0.5, 0.6) is 0 Å². The molecule has 2 fully saturated rings. The predicted molar refractivity (Wildman–Crippen MR) is 74.3 cm³/mol. The molecule has 2 aliphatic rings. The van der Waals surface area contributed by atoms with E-state index in [1.54, 1.807) is 12.1 Å². The Morgan fingerprint density at radius 3 is 2.84 bits per heavy atom. The van der Waals surface area contributed by atoms with Crippen molar-refractivity contribution < 1.29 is 9.21 Å². The number of carbonyl (C=O) groups is 1. The summed E-state index contributed by atoms with van der Waals surface area (Å²) in [6.45, 7) is 0. The zero-order valence-electron chi connectivity index (χ0n) is 10.5. The molecule has 3 N–H and O–H groups in total. The van der Waals surface area contributed by atoms with Crippen LogP contribution in [0.4, 0.5) is 0 Å². The molecule has 0 saturated heterocycles. The van der Waals surface area contributed by atoms with Crippen molar-refractivity contribution in [1.82, 2.24) is 16.2 Å². The highest BCUT2D eigenvalue weighted by atomic mass is 32.1. The van der Waals surface area contributed by atoms with Crippen molar-refractivity contribution in [2.24, 2.45) is 11.8 Å². The van der Waals surface area contributed by atoms with E-state index in [-0.39, 0.29) is 11.7 Å². The van der Waals surface area contributed by atoms with Crippen molar-refractivity contribution in [2.45, 2.75) is 31.7 Å². The zero-order valence-corrected chi connectivity index (χ0v) is 11.3. The monoisotopic (exact) mass is 279 g/mol. The topological polar surface area (TPSA) is 66.3 Å². The maximum Gasteiger partial charge on any atom is 0.305 e. The highest BCUT2D eigenvalue weighted by molar-refractivity contribution is 7.80. The van der Waals surface area contributed by atoms with Crippen molar-refractivity contribution >= 4 is 23.2 Å². The summed E-state index contributed by atoms with van der Waals surface area (Å²) >= 11 is 5.19. The minimum absolute atomic E-state index is 0.259. The molecule has 0 spiro atoms.